The number of carbonyl (C=O) groups is 1. The number of allylic oxidation sites excluding steroid dienone is 1. The molecule has 1 heterocycles. The van der Waals surface area contributed by atoms with Gasteiger partial charge in [-0.15, -0.1) is 6.42 Å². The number of hydrogen-bond acceptors (Lipinski definition) is 2. The fourth-order valence-electron chi connectivity index (χ4n) is 3.05. The van der Waals surface area contributed by atoms with E-state index in [2.05, 4.69) is 33.6 Å². The van der Waals surface area contributed by atoms with Crippen LogP contribution in [0.3, 0.4) is 0 Å². The second kappa shape index (κ2) is 5.06. The molecule has 0 atom stereocenters. The smallest absolute Gasteiger partial charge is 0.410 e. The van der Waals surface area contributed by atoms with E-state index in [1.807, 2.05) is 17.9 Å². The topological polar surface area (TPSA) is 29.5 Å². The monoisotopic (exact) mass is 249 g/mol. The highest BCUT2D eigenvalue weighted by Gasteiger charge is 2.46. The summed E-state index contributed by atoms with van der Waals surface area (Å²) in [4.78, 5) is 14.0. The first-order valence-corrected chi connectivity index (χ1v) is 6.36. The molecular weight excluding hydrogens is 226 g/mol. The molecule has 0 N–H and O–H groups in total. The van der Waals surface area contributed by atoms with E-state index in [1.54, 1.807) is 0 Å². The van der Waals surface area contributed by atoms with Gasteiger partial charge in [-0.1, -0.05) is 11.5 Å². The highest BCUT2D eigenvalue weighted by molar-refractivity contribution is 5.70. The van der Waals surface area contributed by atoms with Crippen LogP contribution in [0, 0.1) is 12.3 Å². The van der Waals surface area contributed by atoms with Gasteiger partial charge in [0.2, 0.25) is 0 Å². The molecule has 3 nitrogen and oxygen atoms in total. The maximum Gasteiger partial charge on any atom is 0.410 e. The van der Waals surface area contributed by atoms with Crippen molar-refractivity contribution in [3.05, 3.63) is 11.6 Å². The maximum atomic E-state index is 12.1. The predicted molar refractivity (Wildman–Crippen MR) is 73.2 cm³/mol. The molecule has 100 valence electrons. The van der Waals surface area contributed by atoms with E-state index >= 15 is 0 Å². The fraction of sp³-hybridized carbons (Fsp3) is 0.667. The molecule has 1 aliphatic rings. The highest BCUT2D eigenvalue weighted by Crippen LogP contribution is 2.41. The normalized spacial score (nSPS) is 21.1. The van der Waals surface area contributed by atoms with Gasteiger partial charge in [-0.25, -0.2) is 4.79 Å². The number of carbonyl (C=O) groups excluding carboxylic acids is 1. The van der Waals surface area contributed by atoms with Crippen LogP contribution in [0.25, 0.3) is 0 Å². The molecule has 0 bridgehead atoms. The van der Waals surface area contributed by atoms with Crippen LogP contribution in [-0.2, 0) is 4.74 Å². The van der Waals surface area contributed by atoms with Crippen LogP contribution in [-0.4, -0.2) is 28.7 Å². The number of rotatable bonds is 1. The van der Waals surface area contributed by atoms with Crippen LogP contribution >= 0.6 is 0 Å². The molecule has 1 saturated heterocycles. The molecule has 0 unspecified atom stereocenters. The van der Waals surface area contributed by atoms with E-state index < -0.39 is 0 Å². The van der Waals surface area contributed by atoms with Crippen molar-refractivity contribution in [2.75, 3.05) is 6.61 Å². The minimum Gasteiger partial charge on any atom is -0.450 e. The lowest BCUT2D eigenvalue weighted by Crippen LogP contribution is -2.61. The van der Waals surface area contributed by atoms with Gasteiger partial charge in [-0.3, -0.25) is 4.90 Å². The largest absolute Gasteiger partial charge is 0.450 e. The van der Waals surface area contributed by atoms with E-state index in [9.17, 15) is 4.79 Å². The Morgan fingerprint density at radius 3 is 2.28 bits per heavy atom. The van der Waals surface area contributed by atoms with Crippen LogP contribution in [0.5, 0.6) is 0 Å². The van der Waals surface area contributed by atoms with Crippen LogP contribution in [0.15, 0.2) is 11.6 Å². The molecule has 1 fully saturated rings. The first-order valence-electron chi connectivity index (χ1n) is 6.36. The Morgan fingerprint density at radius 1 is 1.39 bits per heavy atom. The molecule has 0 saturated carbocycles. The molecule has 0 spiro atoms. The van der Waals surface area contributed by atoms with Crippen LogP contribution in [0.4, 0.5) is 4.79 Å². The fourth-order valence-corrected chi connectivity index (χ4v) is 3.05. The Bertz CT molecular complexity index is 379. The van der Waals surface area contributed by atoms with Gasteiger partial charge in [-0.2, -0.15) is 0 Å². The molecule has 0 aliphatic carbocycles. The Kier molecular flexibility index (Phi) is 4.11. The molecule has 18 heavy (non-hydrogen) atoms. The van der Waals surface area contributed by atoms with E-state index in [4.69, 9.17) is 11.2 Å². The van der Waals surface area contributed by atoms with E-state index in [1.165, 1.54) is 5.57 Å². The van der Waals surface area contributed by atoms with Gasteiger partial charge in [0, 0.05) is 11.1 Å². The second-order valence-electron chi connectivity index (χ2n) is 5.98. The molecule has 0 radical (unpaired) electrons. The molecule has 0 aromatic heterocycles. The van der Waals surface area contributed by atoms with Gasteiger partial charge in [-0.05, 0) is 53.5 Å². The third kappa shape index (κ3) is 2.87. The second-order valence-corrected chi connectivity index (χ2v) is 5.98. The molecule has 1 rings (SSSR count). The van der Waals surface area contributed by atoms with Crippen molar-refractivity contribution in [3.63, 3.8) is 0 Å². The first kappa shape index (κ1) is 14.6. The molecule has 1 amide bonds. The Hall–Kier alpha value is -1.43. The number of piperidine rings is 1. The average Bonchev–Trinajstić information content (AvgIpc) is 2.13. The zero-order valence-corrected chi connectivity index (χ0v) is 12.0. The van der Waals surface area contributed by atoms with Crippen molar-refractivity contribution in [1.82, 2.24) is 4.90 Å². The van der Waals surface area contributed by atoms with Crippen LogP contribution in [0.2, 0.25) is 0 Å². The summed E-state index contributed by atoms with van der Waals surface area (Å²) in [6, 6.07) is 0. The summed E-state index contributed by atoms with van der Waals surface area (Å²) in [7, 11) is 0. The lowest BCUT2D eigenvalue weighted by molar-refractivity contribution is -0.00643. The zero-order chi connectivity index (χ0) is 14.0. The van der Waals surface area contributed by atoms with Gasteiger partial charge < -0.3 is 4.74 Å². The lowest BCUT2D eigenvalue weighted by atomic mass is 9.77. The Labute approximate surface area is 110 Å². The maximum absolute atomic E-state index is 12.1. The predicted octanol–water partition coefficient (Wildman–Crippen LogP) is 3.36. The van der Waals surface area contributed by atoms with Gasteiger partial charge in [0.05, 0.1) is 6.61 Å². The van der Waals surface area contributed by atoms with Crippen molar-refractivity contribution in [1.29, 1.82) is 0 Å². The summed E-state index contributed by atoms with van der Waals surface area (Å²) in [5, 5.41) is 0. The first-order chi connectivity index (χ1) is 8.24. The molecule has 0 aromatic rings. The van der Waals surface area contributed by atoms with Crippen molar-refractivity contribution in [3.8, 4) is 12.3 Å². The number of amides is 1. The standard InChI is InChI=1S/C15H23NO2/c1-7-9-12-10-14(3,4)16(13(17)18-8-2)15(5,6)11-12/h1,9H,8,10-11H2,2-6H3. The number of likely N-dealkylation sites (tertiary alicyclic amines) is 1. The Morgan fingerprint density at radius 2 is 1.89 bits per heavy atom. The molecular formula is C15H23NO2. The van der Waals surface area contributed by atoms with Crippen molar-refractivity contribution < 1.29 is 9.53 Å². The van der Waals surface area contributed by atoms with Gasteiger partial charge >= 0.3 is 6.09 Å². The van der Waals surface area contributed by atoms with Crippen molar-refractivity contribution in [2.45, 2.75) is 58.5 Å². The summed E-state index contributed by atoms with van der Waals surface area (Å²) in [5.41, 5.74) is 0.654. The third-order valence-corrected chi connectivity index (χ3v) is 3.27. The van der Waals surface area contributed by atoms with Gasteiger partial charge in [0.15, 0.2) is 0 Å². The van der Waals surface area contributed by atoms with Crippen LogP contribution in [0.1, 0.15) is 47.5 Å². The van der Waals surface area contributed by atoms with Gasteiger partial charge in [0.25, 0.3) is 0 Å². The SMILES string of the molecule is C#CC=C1CC(C)(C)N(C(=O)OCC)C(C)(C)C1. The van der Waals surface area contributed by atoms with Gasteiger partial charge in [0.1, 0.15) is 0 Å². The Balaban J connectivity index is 3.08. The highest BCUT2D eigenvalue weighted by atomic mass is 16.6. The average molecular weight is 249 g/mol. The summed E-state index contributed by atoms with van der Waals surface area (Å²) in [6.45, 7) is 10.4. The number of terminal acetylenes is 1. The number of nitrogens with zero attached hydrogens (tertiary/aromatic N) is 1. The molecule has 0 aromatic carbocycles. The molecule has 1 aliphatic heterocycles. The summed E-state index contributed by atoms with van der Waals surface area (Å²) >= 11 is 0. The van der Waals surface area contributed by atoms with Crippen molar-refractivity contribution >= 4 is 6.09 Å². The summed E-state index contributed by atoms with van der Waals surface area (Å²) in [6.07, 6.45) is 8.51. The lowest BCUT2D eigenvalue weighted by Gasteiger charge is -2.52. The van der Waals surface area contributed by atoms with Crippen molar-refractivity contribution in [2.24, 2.45) is 0 Å². The summed E-state index contributed by atoms with van der Waals surface area (Å²) in [5.74, 6) is 2.59. The molecule has 3 heteroatoms. The van der Waals surface area contributed by atoms with E-state index in [0.29, 0.717) is 6.61 Å². The zero-order valence-electron chi connectivity index (χ0n) is 12.0. The third-order valence-electron chi connectivity index (χ3n) is 3.27. The summed E-state index contributed by atoms with van der Waals surface area (Å²) < 4.78 is 5.18. The van der Waals surface area contributed by atoms with E-state index in [0.717, 1.165) is 12.8 Å². The van der Waals surface area contributed by atoms with Crippen LogP contribution < -0.4 is 0 Å². The van der Waals surface area contributed by atoms with E-state index in [-0.39, 0.29) is 17.2 Å². The number of ether oxygens (including phenoxy) is 1. The quantitative estimate of drug-likeness (QED) is 0.667. The number of hydrogen-bond donors (Lipinski definition) is 0. The minimum absolute atomic E-state index is 0.243. The minimum atomic E-state index is -0.281.